The van der Waals surface area contributed by atoms with Gasteiger partial charge in [-0.1, -0.05) is 48.2 Å². The third kappa shape index (κ3) is 5.04. The molecule has 7 nitrogen and oxygen atoms in total. The van der Waals surface area contributed by atoms with Crippen LogP contribution in [0.15, 0.2) is 70.7 Å². The Kier molecular flexibility index (Phi) is 6.71. The van der Waals surface area contributed by atoms with E-state index >= 15 is 0 Å². The van der Waals surface area contributed by atoms with Crippen LogP contribution in [0.5, 0.6) is 0 Å². The Morgan fingerprint density at radius 3 is 2.28 bits per heavy atom. The van der Waals surface area contributed by atoms with E-state index in [0.29, 0.717) is 17.5 Å². The van der Waals surface area contributed by atoms with Gasteiger partial charge in [0.15, 0.2) is 15.0 Å². The van der Waals surface area contributed by atoms with Crippen LogP contribution in [0.4, 0.5) is 5.69 Å². The van der Waals surface area contributed by atoms with Gasteiger partial charge in [0.2, 0.25) is 5.91 Å². The van der Waals surface area contributed by atoms with Gasteiger partial charge in [0.05, 0.1) is 10.6 Å². The lowest BCUT2D eigenvalue weighted by atomic mass is 10.3. The topological polar surface area (TPSA) is 85.2 Å². The molecule has 1 heterocycles. The first-order valence-corrected chi connectivity index (χ1v) is 11.7. The number of para-hydroxylation sites is 1. The standard InChI is InChI=1S/C20H22N4O3S2/c1-3-24(16-10-6-4-7-11-16)19(25)14-28-20-22-21-18(23(20)2)15-29(26,27)17-12-8-5-9-13-17/h4-13H,3,14-15H2,1-2H3. The fourth-order valence-electron chi connectivity index (χ4n) is 2.79. The number of nitrogens with zero attached hydrogens (tertiary/aromatic N) is 4. The summed E-state index contributed by atoms with van der Waals surface area (Å²) in [4.78, 5) is 14.6. The molecule has 29 heavy (non-hydrogen) atoms. The number of hydrogen-bond acceptors (Lipinski definition) is 6. The molecule has 0 atom stereocenters. The summed E-state index contributed by atoms with van der Waals surface area (Å²) in [6.45, 7) is 2.48. The number of thioether (sulfide) groups is 1. The Balaban J connectivity index is 1.68. The van der Waals surface area contributed by atoms with E-state index in [9.17, 15) is 13.2 Å². The molecule has 3 aromatic rings. The van der Waals surface area contributed by atoms with Crippen molar-refractivity contribution in [1.82, 2.24) is 14.8 Å². The summed E-state index contributed by atoms with van der Waals surface area (Å²) in [6.07, 6.45) is 0. The molecule has 0 aliphatic rings. The normalized spacial score (nSPS) is 11.4. The van der Waals surface area contributed by atoms with Crippen LogP contribution in [0.1, 0.15) is 12.7 Å². The van der Waals surface area contributed by atoms with Gasteiger partial charge in [-0.2, -0.15) is 0 Å². The highest BCUT2D eigenvalue weighted by molar-refractivity contribution is 7.99. The highest BCUT2D eigenvalue weighted by Gasteiger charge is 2.21. The van der Waals surface area contributed by atoms with Crippen molar-refractivity contribution in [1.29, 1.82) is 0 Å². The van der Waals surface area contributed by atoms with Crippen LogP contribution in [0, 0.1) is 0 Å². The molecule has 0 spiro atoms. The molecule has 1 aromatic heterocycles. The van der Waals surface area contributed by atoms with Crippen LogP contribution in [-0.2, 0) is 27.4 Å². The number of sulfone groups is 1. The summed E-state index contributed by atoms with van der Waals surface area (Å²) in [7, 11) is -1.81. The fourth-order valence-corrected chi connectivity index (χ4v) is 4.93. The molecule has 0 saturated heterocycles. The van der Waals surface area contributed by atoms with Gasteiger partial charge in [-0.05, 0) is 31.2 Å². The second-order valence-electron chi connectivity index (χ2n) is 6.29. The molecule has 9 heteroatoms. The van der Waals surface area contributed by atoms with Crippen molar-refractivity contribution < 1.29 is 13.2 Å². The number of anilines is 1. The monoisotopic (exact) mass is 430 g/mol. The summed E-state index contributed by atoms with van der Waals surface area (Å²) in [5.41, 5.74) is 0.841. The zero-order valence-corrected chi connectivity index (χ0v) is 17.9. The zero-order valence-electron chi connectivity index (χ0n) is 16.2. The van der Waals surface area contributed by atoms with E-state index in [1.807, 2.05) is 37.3 Å². The second kappa shape index (κ2) is 9.23. The van der Waals surface area contributed by atoms with Crippen LogP contribution < -0.4 is 4.90 Å². The highest BCUT2D eigenvalue weighted by atomic mass is 32.2. The maximum atomic E-state index is 12.6. The molecule has 0 bridgehead atoms. The van der Waals surface area contributed by atoms with Gasteiger partial charge in [-0.15, -0.1) is 10.2 Å². The van der Waals surface area contributed by atoms with Gasteiger partial charge in [0.25, 0.3) is 0 Å². The maximum Gasteiger partial charge on any atom is 0.237 e. The Morgan fingerprint density at radius 1 is 1.03 bits per heavy atom. The van der Waals surface area contributed by atoms with Crippen molar-refractivity contribution in [3.63, 3.8) is 0 Å². The van der Waals surface area contributed by atoms with Crippen LogP contribution in [0.25, 0.3) is 0 Å². The first-order valence-electron chi connectivity index (χ1n) is 9.06. The highest BCUT2D eigenvalue weighted by Crippen LogP contribution is 2.21. The van der Waals surface area contributed by atoms with E-state index in [1.54, 1.807) is 46.8 Å². The average Bonchev–Trinajstić information content (AvgIpc) is 3.07. The second-order valence-corrected chi connectivity index (χ2v) is 9.22. The van der Waals surface area contributed by atoms with Crippen molar-refractivity contribution in [3.8, 4) is 0 Å². The Hall–Kier alpha value is -2.65. The van der Waals surface area contributed by atoms with Crippen molar-refractivity contribution in [3.05, 3.63) is 66.5 Å². The summed E-state index contributed by atoms with van der Waals surface area (Å²) in [5, 5.41) is 8.58. The minimum absolute atomic E-state index is 0.0508. The van der Waals surface area contributed by atoms with Crippen LogP contribution >= 0.6 is 11.8 Å². The van der Waals surface area contributed by atoms with Gasteiger partial charge in [-0.3, -0.25) is 4.79 Å². The molecular formula is C20H22N4O3S2. The van der Waals surface area contributed by atoms with Crippen LogP contribution in [-0.4, -0.2) is 41.4 Å². The van der Waals surface area contributed by atoms with Crippen LogP contribution in [0.2, 0.25) is 0 Å². The van der Waals surface area contributed by atoms with Gasteiger partial charge >= 0.3 is 0 Å². The molecule has 152 valence electrons. The third-order valence-corrected chi connectivity index (χ3v) is 6.99. The Bertz CT molecular complexity index is 1070. The number of carbonyl (C=O) groups excluding carboxylic acids is 1. The first-order chi connectivity index (χ1) is 13.9. The van der Waals surface area contributed by atoms with Gasteiger partial charge in [0.1, 0.15) is 11.6 Å². The summed E-state index contributed by atoms with van der Waals surface area (Å²) in [6, 6.07) is 17.7. The molecule has 0 radical (unpaired) electrons. The van der Waals surface area contributed by atoms with Crippen molar-refractivity contribution >= 4 is 33.2 Å². The molecule has 0 fully saturated rings. The average molecular weight is 431 g/mol. The lowest BCUT2D eigenvalue weighted by Gasteiger charge is -2.20. The quantitative estimate of drug-likeness (QED) is 0.511. The molecule has 0 aliphatic carbocycles. The van der Waals surface area contributed by atoms with E-state index in [1.165, 1.54) is 11.8 Å². The fraction of sp³-hybridized carbons (Fsp3) is 0.250. The SMILES string of the molecule is CCN(C(=O)CSc1nnc(CS(=O)(=O)c2ccccc2)n1C)c1ccccc1. The minimum Gasteiger partial charge on any atom is -0.312 e. The van der Waals surface area contributed by atoms with Crippen LogP contribution in [0.3, 0.4) is 0 Å². The number of aromatic nitrogens is 3. The molecule has 1 amide bonds. The molecule has 0 unspecified atom stereocenters. The summed E-state index contributed by atoms with van der Waals surface area (Å²) in [5.74, 6) is 0.213. The number of benzene rings is 2. The van der Waals surface area contributed by atoms with Gasteiger partial charge < -0.3 is 9.47 Å². The van der Waals surface area contributed by atoms with Gasteiger partial charge in [-0.25, -0.2) is 8.42 Å². The number of carbonyl (C=O) groups is 1. The van der Waals surface area contributed by atoms with E-state index in [0.717, 1.165) is 5.69 Å². The third-order valence-electron chi connectivity index (χ3n) is 4.36. The molecule has 0 N–H and O–H groups in total. The van der Waals surface area contributed by atoms with E-state index in [4.69, 9.17) is 0 Å². The number of rotatable bonds is 8. The van der Waals surface area contributed by atoms with E-state index in [-0.39, 0.29) is 22.3 Å². The molecule has 2 aromatic carbocycles. The van der Waals surface area contributed by atoms with E-state index < -0.39 is 9.84 Å². The maximum absolute atomic E-state index is 12.6. The van der Waals surface area contributed by atoms with Crippen molar-refractivity contribution in [2.45, 2.75) is 22.7 Å². The predicted octanol–water partition coefficient (Wildman–Crippen LogP) is 2.93. The number of amides is 1. The summed E-state index contributed by atoms with van der Waals surface area (Å²) < 4.78 is 26.8. The zero-order chi connectivity index (χ0) is 20.9. The number of hydrogen-bond donors (Lipinski definition) is 0. The molecule has 0 saturated carbocycles. The van der Waals surface area contributed by atoms with Gasteiger partial charge in [0, 0.05) is 19.3 Å². The minimum atomic E-state index is -3.51. The van der Waals surface area contributed by atoms with Crippen molar-refractivity contribution in [2.24, 2.45) is 7.05 Å². The smallest absolute Gasteiger partial charge is 0.237 e. The lowest BCUT2D eigenvalue weighted by molar-refractivity contribution is -0.116. The first kappa shape index (κ1) is 21.1. The summed E-state index contributed by atoms with van der Waals surface area (Å²) >= 11 is 1.24. The lowest BCUT2D eigenvalue weighted by Crippen LogP contribution is -2.32. The Morgan fingerprint density at radius 2 is 1.66 bits per heavy atom. The predicted molar refractivity (Wildman–Crippen MR) is 114 cm³/mol. The Labute approximate surface area is 174 Å². The van der Waals surface area contributed by atoms with E-state index in [2.05, 4.69) is 10.2 Å². The molecule has 0 aliphatic heterocycles. The largest absolute Gasteiger partial charge is 0.312 e. The molecule has 3 rings (SSSR count). The van der Waals surface area contributed by atoms with Crippen molar-refractivity contribution in [2.75, 3.05) is 17.2 Å². The molecular weight excluding hydrogens is 408 g/mol.